The van der Waals surface area contributed by atoms with Crippen molar-refractivity contribution in [1.82, 2.24) is 10.3 Å². The van der Waals surface area contributed by atoms with E-state index in [4.69, 9.17) is 5.84 Å². The second-order valence-corrected chi connectivity index (χ2v) is 5.79. The molecule has 0 aliphatic rings. The largest absolute Gasteiger partial charge is 0.298 e. The lowest BCUT2D eigenvalue weighted by Gasteiger charge is -2.18. The van der Waals surface area contributed by atoms with Crippen LogP contribution in [0.3, 0.4) is 0 Å². The molecular weight excluding hydrogens is 330 g/mol. The van der Waals surface area contributed by atoms with Crippen molar-refractivity contribution in [2.45, 2.75) is 13.1 Å². The standard InChI is InChI=1S/C16H18BrN3O/c1-20(10-12-5-3-2-4-6-12)11-14-8-7-13(9-15(14)17)16(21)19-18/h2-9H,10-11,18H2,1H3,(H,19,21). The summed E-state index contributed by atoms with van der Waals surface area (Å²) in [5.41, 5.74) is 5.07. The minimum atomic E-state index is -0.292. The number of nitrogens with zero attached hydrogens (tertiary/aromatic N) is 1. The van der Waals surface area contributed by atoms with Gasteiger partial charge in [0.05, 0.1) is 0 Å². The zero-order valence-corrected chi connectivity index (χ0v) is 13.4. The number of rotatable bonds is 5. The van der Waals surface area contributed by atoms with E-state index in [0.29, 0.717) is 5.56 Å². The fourth-order valence-electron chi connectivity index (χ4n) is 2.14. The van der Waals surface area contributed by atoms with E-state index in [-0.39, 0.29) is 5.91 Å². The third-order valence-corrected chi connectivity index (χ3v) is 3.92. The van der Waals surface area contributed by atoms with E-state index in [1.54, 1.807) is 12.1 Å². The molecule has 0 bridgehead atoms. The van der Waals surface area contributed by atoms with E-state index >= 15 is 0 Å². The van der Waals surface area contributed by atoms with Crippen molar-refractivity contribution >= 4 is 21.8 Å². The molecule has 0 saturated heterocycles. The number of hydrogen-bond acceptors (Lipinski definition) is 3. The second-order valence-electron chi connectivity index (χ2n) is 4.94. The Hall–Kier alpha value is -1.69. The van der Waals surface area contributed by atoms with Crippen LogP contribution in [0.2, 0.25) is 0 Å². The zero-order chi connectivity index (χ0) is 15.2. The maximum absolute atomic E-state index is 11.5. The van der Waals surface area contributed by atoms with Crippen molar-refractivity contribution in [3.05, 3.63) is 69.7 Å². The van der Waals surface area contributed by atoms with Gasteiger partial charge in [-0.15, -0.1) is 0 Å². The summed E-state index contributed by atoms with van der Waals surface area (Å²) in [4.78, 5) is 13.7. The maximum Gasteiger partial charge on any atom is 0.265 e. The monoisotopic (exact) mass is 347 g/mol. The summed E-state index contributed by atoms with van der Waals surface area (Å²) in [7, 11) is 2.07. The van der Waals surface area contributed by atoms with Gasteiger partial charge >= 0.3 is 0 Å². The summed E-state index contributed by atoms with van der Waals surface area (Å²) >= 11 is 3.51. The van der Waals surface area contributed by atoms with Gasteiger partial charge in [-0.3, -0.25) is 15.1 Å². The van der Waals surface area contributed by atoms with Gasteiger partial charge in [0.25, 0.3) is 5.91 Å². The van der Waals surface area contributed by atoms with Crippen molar-refractivity contribution in [2.75, 3.05) is 7.05 Å². The molecule has 4 nitrogen and oxygen atoms in total. The van der Waals surface area contributed by atoms with Crippen LogP contribution in [-0.4, -0.2) is 17.9 Å². The Kier molecular flexibility index (Phi) is 5.50. The van der Waals surface area contributed by atoms with E-state index in [2.05, 4.69) is 45.4 Å². The molecule has 0 aromatic heterocycles. The van der Waals surface area contributed by atoms with Crippen molar-refractivity contribution in [3.63, 3.8) is 0 Å². The van der Waals surface area contributed by atoms with Crippen LogP contribution in [0.1, 0.15) is 21.5 Å². The van der Waals surface area contributed by atoms with E-state index in [9.17, 15) is 4.79 Å². The van der Waals surface area contributed by atoms with Gasteiger partial charge in [-0.1, -0.05) is 52.3 Å². The van der Waals surface area contributed by atoms with E-state index in [1.165, 1.54) is 5.56 Å². The lowest BCUT2D eigenvalue weighted by Crippen LogP contribution is -2.30. The summed E-state index contributed by atoms with van der Waals surface area (Å²) in [5.74, 6) is 4.84. The Morgan fingerprint density at radius 2 is 1.90 bits per heavy atom. The van der Waals surface area contributed by atoms with Crippen LogP contribution in [0.25, 0.3) is 0 Å². The number of nitrogens with one attached hydrogen (secondary N) is 1. The summed E-state index contributed by atoms with van der Waals surface area (Å²) in [6.45, 7) is 1.66. The highest BCUT2D eigenvalue weighted by molar-refractivity contribution is 9.10. The van der Waals surface area contributed by atoms with Crippen LogP contribution in [-0.2, 0) is 13.1 Å². The van der Waals surface area contributed by atoms with Crippen molar-refractivity contribution in [2.24, 2.45) is 5.84 Å². The molecule has 0 radical (unpaired) electrons. The number of carbonyl (C=O) groups excluding carboxylic acids is 1. The Labute approximate surface area is 133 Å². The third-order valence-electron chi connectivity index (χ3n) is 3.18. The smallest absolute Gasteiger partial charge is 0.265 e. The van der Waals surface area contributed by atoms with Crippen molar-refractivity contribution in [1.29, 1.82) is 0 Å². The number of carbonyl (C=O) groups is 1. The van der Waals surface area contributed by atoms with E-state index < -0.39 is 0 Å². The minimum absolute atomic E-state index is 0.292. The Morgan fingerprint density at radius 1 is 1.19 bits per heavy atom. The highest BCUT2D eigenvalue weighted by Gasteiger charge is 2.09. The molecule has 2 aromatic rings. The molecule has 1 amide bonds. The number of amides is 1. The molecule has 0 fully saturated rings. The highest BCUT2D eigenvalue weighted by Crippen LogP contribution is 2.20. The molecule has 0 aliphatic carbocycles. The van der Waals surface area contributed by atoms with Crippen LogP contribution in [0.15, 0.2) is 53.0 Å². The number of halogens is 1. The summed E-state index contributed by atoms with van der Waals surface area (Å²) in [5, 5.41) is 0. The summed E-state index contributed by atoms with van der Waals surface area (Å²) in [6, 6.07) is 15.8. The Bertz CT molecular complexity index is 616. The van der Waals surface area contributed by atoms with Gasteiger partial charge in [0.1, 0.15) is 0 Å². The lowest BCUT2D eigenvalue weighted by molar-refractivity contribution is 0.0953. The van der Waals surface area contributed by atoms with Crippen molar-refractivity contribution in [3.8, 4) is 0 Å². The first kappa shape index (κ1) is 15.7. The topological polar surface area (TPSA) is 58.4 Å². The molecular formula is C16H18BrN3O. The average Bonchev–Trinajstić information content (AvgIpc) is 2.49. The minimum Gasteiger partial charge on any atom is -0.298 e. The van der Waals surface area contributed by atoms with Gasteiger partial charge in [0.15, 0.2) is 0 Å². The SMILES string of the molecule is CN(Cc1ccccc1)Cc1ccc(C(=O)NN)cc1Br. The fourth-order valence-corrected chi connectivity index (χ4v) is 2.65. The molecule has 0 aliphatic heterocycles. The molecule has 0 spiro atoms. The van der Waals surface area contributed by atoms with Gasteiger partial charge in [-0.2, -0.15) is 0 Å². The van der Waals surface area contributed by atoms with Gasteiger partial charge in [-0.25, -0.2) is 5.84 Å². The predicted molar refractivity (Wildman–Crippen MR) is 87.4 cm³/mol. The molecule has 0 saturated carbocycles. The first-order chi connectivity index (χ1) is 10.1. The van der Waals surface area contributed by atoms with Gasteiger partial charge in [0, 0.05) is 23.1 Å². The molecule has 21 heavy (non-hydrogen) atoms. The number of nitrogens with two attached hydrogens (primary N) is 1. The average molecular weight is 348 g/mol. The normalized spacial score (nSPS) is 10.7. The molecule has 0 unspecified atom stereocenters. The molecule has 0 atom stereocenters. The molecule has 3 N–H and O–H groups in total. The molecule has 0 heterocycles. The van der Waals surface area contributed by atoms with Gasteiger partial charge < -0.3 is 0 Å². The van der Waals surface area contributed by atoms with Crippen LogP contribution < -0.4 is 11.3 Å². The number of nitrogen functional groups attached to an aromatic ring is 1. The van der Waals surface area contributed by atoms with E-state index in [0.717, 1.165) is 23.1 Å². The second kappa shape index (κ2) is 7.36. The lowest BCUT2D eigenvalue weighted by atomic mass is 10.1. The third kappa shape index (κ3) is 4.39. The summed E-state index contributed by atoms with van der Waals surface area (Å²) < 4.78 is 0.906. The Balaban J connectivity index is 2.04. The first-order valence-corrected chi connectivity index (χ1v) is 7.41. The number of hydrogen-bond donors (Lipinski definition) is 2. The summed E-state index contributed by atoms with van der Waals surface area (Å²) in [6.07, 6.45) is 0. The molecule has 2 rings (SSSR count). The predicted octanol–water partition coefficient (Wildman–Crippen LogP) is 2.68. The molecule has 5 heteroatoms. The molecule has 110 valence electrons. The highest BCUT2D eigenvalue weighted by atomic mass is 79.9. The maximum atomic E-state index is 11.5. The van der Waals surface area contributed by atoms with E-state index in [1.807, 2.05) is 24.3 Å². The molecule has 2 aromatic carbocycles. The van der Waals surface area contributed by atoms with Crippen molar-refractivity contribution < 1.29 is 4.79 Å². The van der Waals surface area contributed by atoms with Crippen LogP contribution >= 0.6 is 15.9 Å². The van der Waals surface area contributed by atoms with Gasteiger partial charge in [0.2, 0.25) is 0 Å². The number of hydrazine groups is 1. The number of benzene rings is 2. The van der Waals surface area contributed by atoms with Gasteiger partial charge in [-0.05, 0) is 30.3 Å². The fraction of sp³-hybridized carbons (Fsp3) is 0.188. The Morgan fingerprint density at radius 3 is 2.52 bits per heavy atom. The van der Waals surface area contributed by atoms with Crippen LogP contribution in [0.4, 0.5) is 0 Å². The quantitative estimate of drug-likeness (QED) is 0.496. The zero-order valence-electron chi connectivity index (χ0n) is 11.8. The van der Waals surface area contributed by atoms with Crippen LogP contribution in [0.5, 0.6) is 0 Å². The first-order valence-electron chi connectivity index (χ1n) is 6.62. The van der Waals surface area contributed by atoms with Crippen LogP contribution in [0, 0.1) is 0 Å².